The SMILES string of the molecule is CC1CN(c2cccc(CN)n2)CC(C)O1. The molecule has 16 heavy (non-hydrogen) atoms. The summed E-state index contributed by atoms with van der Waals surface area (Å²) in [7, 11) is 0. The van der Waals surface area contributed by atoms with Gasteiger partial charge in [-0.15, -0.1) is 0 Å². The van der Waals surface area contributed by atoms with E-state index in [1.165, 1.54) is 0 Å². The second-order valence-corrected chi connectivity index (χ2v) is 4.35. The first-order chi connectivity index (χ1) is 7.69. The number of morpholine rings is 1. The summed E-state index contributed by atoms with van der Waals surface area (Å²) in [6.07, 6.45) is 0.513. The summed E-state index contributed by atoms with van der Waals surface area (Å²) in [5, 5.41) is 0. The van der Waals surface area contributed by atoms with Crippen molar-refractivity contribution in [2.45, 2.75) is 32.6 Å². The predicted molar refractivity (Wildman–Crippen MR) is 64.4 cm³/mol. The summed E-state index contributed by atoms with van der Waals surface area (Å²) >= 11 is 0. The highest BCUT2D eigenvalue weighted by molar-refractivity contribution is 5.40. The molecule has 2 heterocycles. The molecule has 4 nitrogen and oxygen atoms in total. The van der Waals surface area contributed by atoms with Gasteiger partial charge in [-0.05, 0) is 26.0 Å². The first kappa shape index (κ1) is 11.4. The zero-order chi connectivity index (χ0) is 11.5. The van der Waals surface area contributed by atoms with E-state index in [1.54, 1.807) is 0 Å². The maximum Gasteiger partial charge on any atom is 0.129 e. The third kappa shape index (κ3) is 2.51. The average molecular weight is 221 g/mol. The van der Waals surface area contributed by atoms with E-state index in [1.807, 2.05) is 18.2 Å². The van der Waals surface area contributed by atoms with Gasteiger partial charge in [0.05, 0.1) is 17.9 Å². The van der Waals surface area contributed by atoms with E-state index in [0.29, 0.717) is 6.54 Å². The van der Waals surface area contributed by atoms with E-state index in [4.69, 9.17) is 10.5 Å². The molecule has 2 N–H and O–H groups in total. The minimum atomic E-state index is 0.257. The van der Waals surface area contributed by atoms with Gasteiger partial charge in [0, 0.05) is 19.6 Å². The van der Waals surface area contributed by atoms with Crippen LogP contribution in [0, 0.1) is 0 Å². The van der Waals surface area contributed by atoms with Gasteiger partial charge in [-0.2, -0.15) is 0 Å². The second kappa shape index (κ2) is 4.80. The summed E-state index contributed by atoms with van der Waals surface area (Å²) in [4.78, 5) is 6.79. The molecule has 1 aliphatic rings. The number of rotatable bonds is 2. The molecule has 0 radical (unpaired) electrons. The van der Waals surface area contributed by atoms with Crippen LogP contribution in [0.25, 0.3) is 0 Å². The summed E-state index contributed by atoms with van der Waals surface area (Å²) in [5.41, 5.74) is 6.53. The van der Waals surface area contributed by atoms with Crippen molar-refractivity contribution in [1.82, 2.24) is 4.98 Å². The van der Waals surface area contributed by atoms with E-state index in [-0.39, 0.29) is 12.2 Å². The fourth-order valence-electron chi connectivity index (χ4n) is 2.12. The molecule has 1 aliphatic heterocycles. The van der Waals surface area contributed by atoms with E-state index in [9.17, 15) is 0 Å². The van der Waals surface area contributed by atoms with Crippen LogP contribution in [0.15, 0.2) is 18.2 Å². The van der Waals surface area contributed by atoms with Crippen LogP contribution in [0.5, 0.6) is 0 Å². The van der Waals surface area contributed by atoms with Crippen LogP contribution in [-0.2, 0) is 11.3 Å². The van der Waals surface area contributed by atoms with Crippen LogP contribution in [0.3, 0.4) is 0 Å². The lowest BCUT2D eigenvalue weighted by molar-refractivity contribution is -0.00546. The minimum Gasteiger partial charge on any atom is -0.372 e. The number of aromatic nitrogens is 1. The van der Waals surface area contributed by atoms with Crippen LogP contribution in [0.1, 0.15) is 19.5 Å². The van der Waals surface area contributed by atoms with E-state index < -0.39 is 0 Å². The number of pyridine rings is 1. The molecule has 2 atom stereocenters. The Hall–Kier alpha value is -1.13. The molecular formula is C12H19N3O. The Morgan fingerprint density at radius 3 is 2.69 bits per heavy atom. The molecular weight excluding hydrogens is 202 g/mol. The van der Waals surface area contributed by atoms with Crippen LogP contribution >= 0.6 is 0 Å². The van der Waals surface area contributed by atoms with Crippen molar-refractivity contribution in [3.8, 4) is 0 Å². The number of hydrogen-bond acceptors (Lipinski definition) is 4. The molecule has 1 fully saturated rings. The van der Waals surface area contributed by atoms with E-state index in [2.05, 4.69) is 23.7 Å². The van der Waals surface area contributed by atoms with Crippen molar-refractivity contribution in [3.05, 3.63) is 23.9 Å². The van der Waals surface area contributed by atoms with Crippen LogP contribution < -0.4 is 10.6 Å². The first-order valence-electron chi connectivity index (χ1n) is 5.75. The Kier molecular flexibility index (Phi) is 3.41. The van der Waals surface area contributed by atoms with Crippen molar-refractivity contribution >= 4 is 5.82 Å². The lowest BCUT2D eigenvalue weighted by Gasteiger charge is -2.36. The molecule has 4 heteroatoms. The van der Waals surface area contributed by atoms with Gasteiger partial charge in [0.15, 0.2) is 0 Å². The minimum absolute atomic E-state index is 0.257. The standard InChI is InChI=1S/C12H19N3O/c1-9-7-15(8-10(2)16-9)12-5-3-4-11(6-13)14-12/h3-5,9-10H,6-8,13H2,1-2H3. The summed E-state index contributed by atoms with van der Waals surface area (Å²) in [6, 6.07) is 6.00. The van der Waals surface area contributed by atoms with Gasteiger partial charge >= 0.3 is 0 Å². The van der Waals surface area contributed by atoms with Gasteiger partial charge in [-0.25, -0.2) is 4.98 Å². The zero-order valence-corrected chi connectivity index (χ0v) is 9.89. The maximum absolute atomic E-state index is 5.70. The topological polar surface area (TPSA) is 51.4 Å². The molecule has 0 amide bonds. The Morgan fingerprint density at radius 2 is 2.06 bits per heavy atom. The molecule has 1 aromatic rings. The monoisotopic (exact) mass is 221 g/mol. The average Bonchev–Trinajstić information content (AvgIpc) is 2.28. The predicted octanol–water partition coefficient (Wildman–Crippen LogP) is 1.15. The Balaban J connectivity index is 2.16. The molecule has 0 aromatic carbocycles. The smallest absolute Gasteiger partial charge is 0.129 e. The molecule has 2 unspecified atom stereocenters. The van der Waals surface area contributed by atoms with Gasteiger partial charge in [-0.3, -0.25) is 0 Å². The van der Waals surface area contributed by atoms with Gasteiger partial charge in [0.25, 0.3) is 0 Å². The fourth-order valence-corrected chi connectivity index (χ4v) is 2.12. The van der Waals surface area contributed by atoms with Crippen LogP contribution in [-0.4, -0.2) is 30.3 Å². The highest BCUT2D eigenvalue weighted by Crippen LogP contribution is 2.18. The third-order valence-electron chi connectivity index (χ3n) is 2.74. The van der Waals surface area contributed by atoms with Gasteiger partial charge in [0.2, 0.25) is 0 Å². The highest BCUT2D eigenvalue weighted by Gasteiger charge is 2.22. The van der Waals surface area contributed by atoms with Crippen molar-refractivity contribution in [3.63, 3.8) is 0 Å². The summed E-state index contributed by atoms with van der Waals surface area (Å²) in [5.74, 6) is 1.00. The largest absolute Gasteiger partial charge is 0.372 e. The molecule has 0 saturated carbocycles. The third-order valence-corrected chi connectivity index (χ3v) is 2.74. The number of nitrogens with two attached hydrogens (primary N) is 1. The Morgan fingerprint density at radius 1 is 1.38 bits per heavy atom. The molecule has 0 spiro atoms. The van der Waals surface area contributed by atoms with Crippen LogP contribution in [0.2, 0.25) is 0 Å². The molecule has 0 bridgehead atoms. The number of anilines is 1. The molecule has 1 saturated heterocycles. The summed E-state index contributed by atoms with van der Waals surface area (Å²) in [6.45, 7) is 6.46. The van der Waals surface area contributed by atoms with E-state index in [0.717, 1.165) is 24.6 Å². The Labute approximate surface area is 96.4 Å². The quantitative estimate of drug-likeness (QED) is 0.814. The normalized spacial score (nSPS) is 25.8. The Bertz CT molecular complexity index is 346. The zero-order valence-electron chi connectivity index (χ0n) is 9.89. The van der Waals surface area contributed by atoms with Gasteiger partial charge < -0.3 is 15.4 Å². The van der Waals surface area contributed by atoms with Gasteiger partial charge in [0.1, 0.15) is 5.82 Å². The molecule has 1 aromatic heterocycles. The first-order valence-corrected chi connectivity index (χ1v) is 5.75. The maximum atomic E-state index is 5.70. The number of hydrogen-bond donors (Lipinski definition) is 1. The van der Waals surface area contributed by atoms with E-state index >= 15 is 0 Å². The van der Waals surface area contributed by atoms with Crippen molar-refractivity contribution < 1.29 is 4.74 Å². The fraction of sp³-hybridized carbons (Fsp3) is 0.583. The number of ether oxygens (including phenoxy) is 1. The van der Waals surface area contributed by atoms with Crippen LogP contribution in [0.4, 0.5) is 5.82 Å². The molecule has 88 valence electrons. The van der Waals surface area contributed by atoms with Crippen molar-refractivity contribution in [2.75, 3.05) is 18.0 Å². The lowest BCUT2D eigenvalue weighted by Crippen LogP contribution is -2.45. The molecule has 2 rings (SSSR count). The van der Waals surface area contributed by atoms with Gasteiger partial charge in [-0.1, -0.05) is 6.07 Å². The summed E-state index contributed by atoms with van der Waals surface area (Å²) < 4.78 is 5.70. The van der Waals surface area contributed by atoms with Crippen molar-refractivity contribution in [1.29, 1.82) is 0 Å². The molecule has 0 aliphatic carbocycles. The lowest BCUT2D eigenvalue weighted by atomic mass is 10.2. The highest BCUT2D eigenvalue weighted by atomic mass is 16.5. The second-order valence-electron chi connectivity index (χ2n) is 4.35. The van der Waals surface area contributed by atoms with Crippen molar-refractivity contribution in [2.24, 2.45) is 5.73 Å². The number of nitrogens with zero attached hydrogens (tertiary/aromatic N) is 2.